The monoisotopic (exact) mass is 335 g/mol. The summed E-state index contributed by atoms with van der Waals surface area (Å²) in [6, 6.07) is 30.3. The first-order valence-corrected chi connectivity index (χ1v) is 9.67. The third-order valence-electron chi connectivity index (χ3n) is 4.07. The molecule has 0 aliphatic heterocycles. The molecule has 0 unspecified atom stereocenters. The molecule has 0 saturated heterocycles. The van der Waals surface area contributed by atoms with Crippen molar-refractivity contribution in [2.24, 2.45) is 0 Å². The molecular formula is C21H20O2P+. The molecule has 3 aromatic carbocycles. The van der Waals surface area contributed by atoms with Crippen LogP contribution in [0.3, 0.4) is 0 Å². The van der Waals surface area contributed by atoms with Crippen LogP contribution in [0.5, 0.6) is 0 Å². The van der Waals surface area contributed by atoms with Crippen LogP contribution in [0.4, 0.5) is 0 Å². The Bertz CT molecular complexity index is 689. The molecule has 0 aliphatic carbocycles. The summed E-state index contributed by atoms with van der Waals surface area (Å²) in [5.74, 6) is 0. The Kier molecular flexibility index (Phi) is 5.20. The minimum atomic E-state index is -2.42. The van der Waals surface area contributed by atoms with E-state index in [1.165, 1.54) is 0 Å². The number of hydrogen-bond acceptors (Lipinski definition) is 2. The maximum absolute atomic E-state index is 13.4. The zero-order valence-electron chi connectivity index (χ0n) is 13.6. The molecule has 0 fully saturated rings. The zero-order valence-corrected chi connectivity index (χ0v) is 14.5. The Balaban J connectivity index is 2.35. The van der Waals surface area contributed by atoms with E-state index in [2.05, 4.69) is 36.4 Å². The molecule has 0 amide bonds. The lowest BCUT2D eigenvalue weighted by molar-refractivity contribution is -0.114. The van der Waals surface area contributed by atoms with Crippen molar-refractivity contribution >= 4 is 28.7 Å². The van der Waals surface area contributed by atoms with Gasteiger partial charge in [0, 0.05) is 7.11 Å². The number of hydrogen-bond donors (Lipinski definition) is 0. The normalized spacial score (nSPS) is 11.2. The van der Waals surface area contributed by atoms with Gasteiger partial charge in [0.2, 0.25) is 0 Å². The first kappa shape index (κ1) is 16.6. The van der Waals surface area contributed by atoms with E-state index in [9.17, 15) is 4.79 Å². The highest BCUT2D eigenvalue weighted by atomic mass is 31.2. The Morgan fingerprint density at radius 1 is 0.708 bits per heavy atom. The van der Waals surface area contributed by atoms with E-state index in [4.69, 9.17) is 4.74 Å². The highest BCUT2D eigenvalue weighted by Gasteiger charge is 2.52. The van der Waals surface area contributed by atoms with Crippen molar-refractivity contribution < 1.29 is 9.53 Å². The molecule has 120 valence electrons. The molecule has 2 nitrogen and oxygen atoms in total. The summed E-state index contributed by atoms with van der Waals surface area (Å²) in [5.41, 5.74) is 0.133. The summed E-state index contributed by atoms with van der Waals surface area (Å²) in [4.78, 5) is 13.4. The molecule has 3 aromatic rings. The lowest BCUT2D eigenvalue weighted by Gasteiger charge is -2.25. The smallest absolute Gasteiger partial charge is 0.308 e. The van der Waals surface area contributed by atoms with E-state index < -0.39 is 7.26 Å². The Morgan fingerprint density at radius 3 is 1.33 bits per heavy atom. The lowest BCUT2D eigenvalue weighted by atomic mass is 10.4. The SMILES string of the molecule is COCC(=O)[P+](c1ccccc1)(c1ccccc1)c1ccccc1. The average Bonchev–Trinajstić information content (AvgIpc) is 2.65. The van der Waals surface area contributed by atoms with Crippen LogP contribution in [0.15, 0.2) is 91.0 Å². The standard InChI is InChI=1S/C21H20O2P/c1-23-17-21(22)24(18-11-5-2-6-12-18,19-13-7-3-8-14-19)20-15-9-4-10-16-20/h2-16H,17H2,1H3/q+1. The van der Waals surface area contributed by atoms with Gasteiger partial charge in [0.15, 0.2) is 7.26 Å². The van der Waals surface area contributed by atoms with Crippen LogP contribution >= 0.6 is 7.26 Å². The summed E-state index contributed by atoms with van der Waals surface area (Å²) in [6.45, 7) is 0.104. The van der Waals surface area contributed by atoms with Crippen molar-refractivity contribution in [3.63, 3.8) is 0 Å². The molecule has 0 atom stereocenters. The summed E-state index contributed by atoms with van der Waals surface area (Å²) < 4.78 is 5.25. The van der Waals surface area contributed by atoms with Gasteiger partial charge in [-0.25, -0.2) is 4.79 Å². The van der Waals surface area contributed by atoms with Crippen molar-refractivity contribution in [1.29, 1.82) is 0 Å². The van der Waals surface area contributed by atoms with Crippen LogP contribution in [-0.4, -0.2) is 19.2 Å². The summed E-state index contributed by atoms with van der Waals surface area (Å²) in [5, 5.41) is 3.18. The fraction of sp³-hybridized carbons (Fsp3) is 0.0952. The largest absolute Gasteiger partial charge is 0.373 e. The van der Waals surface area contributed by atoms with Crippen molar-refractivity contribution in [3.8, 4) is 0 Å². The van der Waals surface area contributed by atoms with Gasteiger partial charge in [0.1, 0.15) is 22.5 Å². The number of ether oxygens (including phenoxy) is 1. The highest BCUT2D eigenvalue weighted by Crippen LogP contribution is 2.56. The summed E-state index contributed by atoms with van der Waals surface area (Å²) in [6.07, 6.45) is 0. The van der Waals surface area contributed by atoms with Gasteiger partial charge >= 0.3 is 5.52 Å². The maximum Gasteiger partial charge on any atom is 0.308 e. The Labute approximate surface area is 143 Å². The Morgan fingerprint density at radius 2 is 1.04 bits per heavy atom. The third kappa shape index (κ3) is 2.91. The quantitative estimate of drug-likeness (QED) is 0.647. The van der Waals surface area contributed by atoms with Crippen molar-refractivity contribution in [3.05, 3.63) is 91.0 Å². The molecule has 0 radical (unpaired) electrons. The number of benzene rings is 3. The molecule has 0 spiro atoms. The van der Waals surface area contributed by atoms with Crippen LogP contribution in [0.2, 0.25) is 0 Å². The molecular weight excluding hydrogens is 315 g/mol. The van der Waals surface area contributed by atoms with E-state index >= 15 is 0 Å². The molecule has 0 aliphatic rings. The highest BCUT2D eigenvalue weighted by molar-refractivity contribution is 8.08. The molecule has 0 heterocycles. The van der Waals surface area contributed by atoms with Crippen LogP contribution in [-0.2, 0) is 9.53 Å². The van der Waals surface area contributed by atoms with E-state index in [-0.39, 0.29) is 12.1 Å². The molecule has 3 heteroatoms. The van der Waals surface area contributed by atoms with Gasteiger partial charge in [0.05, 0.1) is 0 Å². The van der Waals surface area contributed by atoms with Crippen LogP contribution in [0.25, 0.3) is 0 Å². The van der Waals surface area contributed by atoms with Gasteiger partial charge in [-0.05, 0) is 36.4 Å². The predicted molar refractivity (Wildman–Crippen MR) is 102 cm³/mol. The third-order valence-corrected chi connectivity index (χ3v) is 8.17. The second-order valence-electron chi connectivity index (χ2n) is 5.50. The number of rotatable bonds is 6. The fourth-order valence-electron chi connectivity index (χ4n) is 3.05. The van der Waals surface area contributed by atoms with E-state index in [0.717, 1.165) is 15.9 Å². The number of carbonyl (C=O) groups is 1. The van der Waals surface area contributed by atoms with Crippen molar-refractivity contribution in [1.82, 2.24) is 0 Å². The molecule has 0 saturated carbocycles. The fourth-order valence-corrected chi connectivity index (χ4v) is 6.99. The average molecular weight is 335 g/mol. The first-order valence-electron chi connectivity index (χ1n) is 7.88. The van der Waals surface area contributed by atoms with E-state index in [0.29, 0.717) is 0 Å². The van der Waals surface area contributed by atoms with Crippen LogP contribution in [0, 0.1) is 0 Å². The predicted octanol–water partition coefficient (Wildman–Crippen LogP) is 3.15. The van der Waals surface area contributed by atoms with Gasteiger partial charge < -0.3 is 4.74 Å². The minimum absolute atomic E-state index is 0.104. The van der Waals surface area contributed by atoms with Crippen LogP contribution < -0.4 is 15.9 Å². The van der Waals surface area contributed by atoms with E-state index in [1.807, 2.05) is 54.6 Å². The van der Waals surface area contributed by atoms with Crippen molar-refractivity contribution in [2.75, 3.05) is 13.7 Å². The molecule has 24 heavy (non-hydrogen) atoms. The molecule has 0 aromatic heterocycles. The second kappa shape index (κ2) is 7.53. The lowest BCUT2D eigenvalue weighted by Crippen LogP contribution is -2.38. The molecule has 3 rings (SSSR count). The van der Waals surface area contributed by atoms with Gasteiger partial charge in [-0.3, -0.25) is 0 Å². The maximum atomic E-state index is 13.4. The number of carbonyl (C=O) groups excluding carboxylic acids is 1. The van der Waals surface area contributed by atoms with E-state index in [1.54, 1.807) is 7.11 Å². The van der Waals surface area contributed by atoms with Gasteiger partial charge in [-0.15, -0.1) is 0 Å². The Hall–Kier alpha value is -2.28. The minimum Gasteiger partial charge on any atom is -0.373 e. The van der Waals surface area contributed by atoms with Crippen LogP contribution in [0.1, 0.15) is 0 Å². The molecule has 0 bridgehead atoms. The van der Waals surface area contributed by atoms with Gasteiger partial charge in [0.25, 0.3) is 0 Å². The summed E-state index contributed by atoms with van der Waals surface area (Å²) >= 11 is 0. The van der Waals surface area contributed by atoms with Gasteiger partial charge in [-0.2, -0.15) is 0 Å². The first-order chi connectivity index (χ1) is 11.8. The van der Waals surface area contributed by atoms with Crippen molar-refractivity contribution in [2.45, 2.75) is 0 Å². The van der Waals surface area contributed by atoms with Gasteiger partial charge in [-0.1, -0.05) is 54.6 Å². The zero-order chi connectivity index (χ0) is 16.8. The molecule has 0 N–H and O–H groups in total. The number of methoxy groups -OCH3 is 1. The topological polar surface area (TPSA) is 26.3 Å². The summed E-state index contributed by atoms with van der Waals surface area (Å²) in [7, 11) is -0.848. The second-order valence-corrected chi connectivity index (χ2v) is 8.89.